The summed E-state index contributed by atoms with van der Waals surface area (Å²) in [5.41, 5.74) is 7.18. The van der Waals surface area contributed by atoms with Gasteiger partial charge in [0.25, 0.3) is 0 Å². The first-order chi connectivity index (χ1) is 10.9. The molecule has 0 spiro atoms. The Bertz CT molecular complexity index is 671. The average Bonchev–Trinajstić information content (AvgIpc) is 2.59. The quantitative estimate of drug-likeness (QED) is 0.721. The third-order valence-corrected chi connectivity index (χ3v) is 6.22. The van der Waals surface area contributed by atoms with Crippen molar-refractivity contribution in [3.63, 3.8) is 0 Å². The fraction of sp³-hybridized carbons (Fsp3) is 0.100. The third kappa shape index (κ3) is 3.27. The Balaban J connectivity index is 2.15. The Morgan fingerprint density at radius 3 is 1.68 bits per heavy atom. The maximum Gasteiger partial charge on any atom is -0.00365 e. The van der Waals surface area contributed by atoms with Gasteiger partial charge in [0.15, 0.2) is 0 Å². The van der Waals surface area contributed by atoms with Crippen molar-refractivity contribution in [2.75, 3.05) is 6.54 Å². The van der Waals surface area contributed by atoms with E-state index in [9.17, 15) is 0 Å². The van der Waals surface area contributed by atoms with Crippen molar-refractivity contribution >= 4 is 23.8 Å². The largest absolute Gasteiger partial charge is 0.330 e. The maximum absolute atomic E-state index is 5.81. The van der Waals surface area contributed by atoms with Crippen molar-refractivity contribution in [3.8, 4) is 0 Å². The fourth-order valence-corrected chi connectivity index (χ4v) is 5.18. The lowest BCUT2D eigenvalue weighted by atomic mass is 10.1. The molecule has 0 aliphatic carbocycles. The van der Waals surface area contributed by atoms with Crippen molar-refractivity contribution < 1.29 is 0 Å². The van der Waals surface area contributed by atoms with Crippen molar-refractivity contribution in [2.45, 2.75) is 6.42 Å². The van der Waals surface area contributed by atoms with Crippen LogP contribution in [0, 0.1) is 0 Å². The second kappa shape index (κ2) is 7.35. The Kier molecular flexibility index (Phi) is 5.00. The molecular weight excluding hydrogens is 285 g/mol. The van der Waals surface area contributed by atoms with Gasteiger partial charge in [0.2, 0.25) is 0 Å². The van der Waals surface area contributed by atoms with E-state index in [1.165, 1.54) is 21.5 Å². The van der Waals surface area contributed by atoms with Crippen molar-refractivity contribution in [1.29, 1.82) is 0 Å². The molecule has 3 aromatic rings. The molecule has 2 heteroatoms. The van der Waals surface area contributed by atoms with Crippen molar-refractivity contribution in [1.82, 2.24) is 0 Å². The van der Waals surface area contributed by atoms with Crippen LogP contribution >= 0.6 is 7.92 Å². The summed E-state index contributed by atoms with van der Waals surface area (Å²) in [6, 6.07) is 30.3. The minimum atomic E-state index is -0.534. The first-order valence-electron chi connectivity index (χ1n) is 7.58. The fourth-order valence-electron chi connectivity index (χ4n) is 2.68. The van der Waals surface area contributed by atoms with Crippen LogP contribution in [0.2, 0.25) is 0 Å². The molecule has 0 aliphatic rings. The Morgan fingerprint density at radius 1 is 0.636 bits per heavy atom. The van der Waals surface area contributed by atoms with Crippen LogP contribution in [0.1, 0.15) is 5.56 Å². The molecule has 0 saturated carbocycles. The lowest BCUT2D eigenvalue weighted by Crippen LogP contribution is -2.24. The van der Waals surface area contributed by atoms with E-state index >= 15 is 0 Å². The third-order valence-electron chi connectivity index (χ3n) is 3.67. The molecule has 3 aromatic carbocycles. The van der Waals surface area contributed by atoms with Crippen LogP contribution in [-0.2, 0) is 6.42 Å². The Hall–Kier alpha value is -1.95. The minimum absolute atomic E-state index is 0.534. The minimum Gasteiger partial charge on any atom is -0.330 e. The first kappa shape index (κ1) is 15.0. The molecule has 3 rings (SSSR count). The monoisotopic (exact) mass is 305 g/mol. The van der Waals surface area contributed by atoms with E-state index < -0.39 is 7.92 Å². The van der Waals surface area contributed by atoms with Crippen molar-refractivity contribution in [3.05, 3.63) is 90.5 Å². The van der Waals surface area contributed by atoms with E-state index in [1.807, 2.05) is 0 Å². The van der Waals surface area contributed by atoms with Crippen LogP contribution in [0.25, 0.3) is 0 Å². The van der Waals surface area contributed by atoms with E-state index in [-0.39, 0.29) is 0 Å². The predicted molar refractivity (Wildman–Crippen MR) is 97.9 cm³/mol. The lowest BCUT2D eigenvalue weighted by Gasteiger charge is -2.22. The van der Waals surface area contributed by atoms with Crippen LogP contribution in [0.15, 0.2) is 84.9 Å². The van der Waals surface area contributed by atoms with Gasteiger partial charge in [-0.2, -0.15) is 0 Å². The molecule has 0 heterocycles. The first-order valence-corrected chi connectivity index (χ1v) is 8.92. The number of benzene rings is 3. The van der Waals surface area contributed by atoms with Crippen LogP contribution in [0.5, 0.6) is 0 Å². The zero-order valence-electron chi connectivity index (χ0n) is 12.5. The summed E-state index contributed by atoms with van der Waals surface area (Å²) in [5.74, 6) is 0. The number of nitrogens with two attached hydrogens (primary N) is 1. The Labute approximate surface area is 133 Å². The SMILES string of the molecule is NCCc1ccccc1P(c1ccccc1)c1ccccc1. The average molecular weight is 305 g/mol. The summed E-state index contributed by atoms with van der Waals surface area (Å²) in [4.78, 5) is 0. The van der Waals surface area contributed by atoms with Gasteiger partial charge in [-0.1, -0.05) is 84.9 Å². The highest BCUT2D eigenvalue weighted by molar-refractivity contribution is 7.79. The maximum atomic E-state index is 5.81. The normalized spacial score (nSPS) is 10.8. The van der Waals surface area contributed by atoms with Gasteiger partial charge in [-0.3, -0.25) is 0 Å². The Morgan fingerprint density at radius 2 is 1.14 bits per heavy atom. The molecule has 22 heavy (non-hydrogen) atoms. The zero-order chi connectivity index (χ0) is 15.2. The number of hydrogen-bond acceptors (Lipinski definition) is 1. The van der Waals surface area contributed by atoms with E-state index in [4.69, 9.17) is 5.73 Å². The van der Waals surface area contributed by atoms with Gasteiger partial charge in [0.05, 0.1) is 0 Å². The van der Waals surface area contributed by atoms with Crippen LogP contribution < -0.4 is 21.6 Å². The second-order valence-electron chi connectivity index (χ2n) is 5.17. The van der Waals surface area contributed by atoms with Gasteiger partial charge in [-0.25, -0.2) is 0 Å². The van der Waals surface area contributed by atoms with E-state index in [2.05, 4.69) is 84.9 Å². The second-order valence-corrected chi connectivity index (χ2v) is 7.36. The summed E-state index contributed by atoms with van der Waals surface area (Å²) in [6.45, 7) is 0.684. The molecule has 0 aliphatic heterocycles. The molecule has 0 radical (unpaired) electrons. The molecular formula is C20H20NP. The molecule has 0 amide bonds. The molecule has 0 atom stereocenters. The summed E-state index contributed by atoms with van der Waals surface area (Å²) in [7, 11) is -0.534. The molecule has 1 nitrogen and oxygen atoms in total. The van der Waals surface area contributed by atoms with Gasteiger partial charge in [0, 0.05) is 0 Å². The number of hydrogen-bond donors (Lipinski definition) is 1. The topological polar surface area (TPSA) is 26.0 Å². The standard InChI is InChI=1S/C20H20NP/c21-16-15-17-9-7-8-14-20(17)22(18-10-3-1-4-11-18)19-12-5-2-6-13-19/h1-14H,15-16,21H2. The molecule has 0 aromatic heterocycles. The predicted octanol–water partition coefficient (Wildman–Crippen LogP) is 2.95. The van der Waals surface area contributed by atoms with Gasteiger partial charge in [0.1, 0.15) is 0 Å². The highest BCUT2D eigenvalue weighted by Gasteiger charge is 2.18. The molecule has 2 N–H and O–H groups in total. The van der Waals surface area contributed by atoms with Crippen LogP contribution in [0.4, 0.5) is 0 Å². The van der Waals surface area contributed by atoms with Gasteiger partial charge < -0.3 is 5.73 Å². The zero-order valence-corrected chi connectivity index (χ0v) is 13.4. The van der Waals surface area contributed by atoms with E-state index in [0.29, 0.717) is 6.54 Å². The summed E-state index contributed by atoms with van der Waals surface area (Å²) in [5, 5.41) is 4.18. The lowest BCUT2D eigenvalue weighted by molar-refractivity contribution is 0.975. The molecule has 0 fully saturated rings. The van der Waals surface area contributed by atoms with Crippen LogP contribution in [-0.4, -0.2) is 6.54 Å². The van der Waals surface area contributed by atoms with Gasteiger partial charge in [-0.05, 0) is 42.4 Å². The van der Waals surface area contributed by atoms with Gasteiger partial charge in [-0.15, -0.1) is 0 Å². The molecule has 110 valence electrons. The number of rotatable bonds is 5. The summed E-state index contributed by atoms with van der Waals surface area (Å²) in [6.07, 6.45) is 0.925. The summed E-state index contributed by atoms with van der Waals surface area (Å²) < 4.78 is 0. The smallest absolute Gasteiger partial charge is 0.00365 e. The van der Waals surface area contributed by atoms with Gasteiger partial charge >= 0.3 is 0 Å². The van der Waals surface area contributed by atoms with E-state index in [0.717, 1.165) is 6.42 Å². The highest BCUT2D eigenvalue weighted by atomic mass is 31.1. The molecule has 0 unspecified atom stereocenters. The van der Waals surface area contributed by atoms with Crippen LogP contribution in [0.3, 0.4) is 0 Å². The highest BCUT2D eigenvalue weighted by Crippen LogP contribution is 2.33. The van der Waals surface area contributed by atoms with Crippen molar-refractivity contribution in [2.24, 2.45) is 5.73 Å². The molecule has 0 saturated heterocycles. The molecule has 0 bridgehead atoms. The van der Waals surface area contributed by atoms with E-state index in [1.54, 1.807) is 0 Å². The summed E-state index contributed by atoms with van der Waals surface area (Å²) >= 11 is 0.